The maximum atomic E-state index is 10.1. The fourth-order valence-electron chi connectivity index (χ4n) is 3.76. The Bertz CT molecular complexity index is 241. The normalized spacial score (nSPS) is 35.7. The van der Waals surface area contributed by atoms with Crippen molar-refractivity contribution in [2.45, 2.75) is 64.9 Å². The lowest BCUT2D eigenvalue weighted by Crippen LogP contribution is -2.37. The van der Waals surface area contributed by atoms with E-state index in [1.807, 2.05) is 0 Å². The molecule has 1 N–H and O–H groups in total. The number of nitrogens with zero attached hydrogens (tertiary/aromatic N) is 1. The highest BCUT2D eigenvalue weighted by molar-refractivity contribution is 4.79. The Hall–Kier alpha value is -0.0800. The summed E-state index contributed by atoms with van der Waals surface area (Å²) in [6, 6.07) is 0. The van der Waals surface area contributed by atoms with Gasteiger partial charge in [-0.2, -0.15) is 0 Å². The third-order valence-corrected chi connectivity index (χ3v) is 5.17. The molecule has 0 aromatic heterocycles. The maximum absolute atomic E-state index is 10.1. The molecule has 1 heterocycles. The molecule has 0 amide bonds. The molecule has 106 valence electrons. The molecule has 1 aliphatic carbocycles. The van der Waals surface area contributed by atoms with E-state index in [0.29, 0.717) is 5.92 Å². The van der Waals surface area contributed by atoms with E-state index in [-0.39, 0.29) is 6.10 Å². The first-order valence-corrected chi connectivity index (χ1v) is 8.07. The molecule has 18 heavy (non-hydrogen) atoms. The van der Waals surface area contributed by atoms with Crippen molar-refractivity contribution in [3.8, 4) is 0 Å². The Balaban J connectivity index is 1.79. The molecule has 3 atom stereocenters. The average molecular weight is 253 g/mol. The van der Waals surface area contributed by atoms with Crippen LogP contribution in [0, 0.1) is 17.8 Å². The predicted octanol–water partition coefficient (Wildman–Crippen LogP) is 3.30. The van der Waals surface area contributed by atoms with Crippen molar-refractivity contribution in [1.82, 2.24) is 4.90 Å². The molecule has 0 aromatic rings. The number of rotatable bonds is 3. The minimum Gasteiger partial charge on any atom is -0.393 e. The second-order valence-electron chi connectivity index (χ2n) is 6.85. The van der Waals surface area contributed by atoms with Crippen molar-refractivity contribution in [3.05, 3.63) is 0 Å². The second-order valence-corrected chi connectivity index (χ2v) is 6.85. The number of aliphatic hydroxyl groups excluding tert-OH is 1. The van der Waals surface area contributed by atoms with Crippen molar-refractivity contribution in [2.75, 3.05) is 19.6 Å². The SMILES string of the molecule is CC(C)C1CCCN(CC2CCCCC2O)CC1. The van der Waals surface area contributed by atoms with Gasteiger partial charge in [-0.05, 0) is 62.9 Å². The van der Waals surface area contributed by atoms with Gasteiger partial charge < -0.3 is 10.0 Å². The van der Waals surface area contributed by atoms with Gasteiger partial charge in [-0.1, -0.05) is 26.7 Å². The van der Waals surface area contributed by atoms with E-state index in [1.165, 1.54) is 51.6 Å². The highest BCUT2D eigenvalue weighted by atomic mass is 16.3. The van der Waals surface area contributed by atoms with Gasteiger partial charge in [-0.15, -0.1) is 0 Å². The molecule has 2 aliphatic rings. The van der Waals surface area contributed by atoms with Gasteiger partial charge in [0.05, 0.1) is 6.10 Å². The first-order chi connectivity index (χ1) is 8.66. The zero-order valence-corrected chi connectivity index (χ0v) is 12.3. The van der Waals surface area contributed by atoms with Crippen molar-refractivity contribution in [1.29, 1.82) is 0 Å². The molecule has 1 saturated carbocycles. The first-order valence-electron chi connectivity index (χ1n) is 8.07. The minimum atomic E-state index is -0.0251. The fourth-order valence-corrected chi connectivity index (χ4v) is 3.76. The van der Waals surface area contributed by atoms with Crippen LogP contribution >= 0.6 is 0 Å². The van der Waals surface area contributed by atoms with Crippen LogP contribution in [0.4, 0.5) is 0 Å². The van der Waals surface area contributed by atoms with Gasteiger partial charge in [0.25, 0.3) is 0 Å². The molecule has 0 aromatic carbocycles. The molecule has 1 saturated heterocycles. The largest absolute Gasteiger partial charge is 0.393 e. The van der Waals surface area contributed by atoms with Crippen molar-refractivity contribution in [3.63, 3.8) is 0 Å². The van der Waals surface area contributed by atoms with Crippen LogP contribution in [0.15, 0.2) is 0 Å². The predicted molar refractivity (Wildman–Crippen MR) is 76.6 cm³/mol. The van der Waals surface area contributed by atoms with E-state index in [4.69, 9.17) is 0 Å². The van der Waals surface area contributed by atoms with E-state index in [0.717, 1.165) is 24.8 Å². The number of hydrogen-bond acceptors (Lipinski definition) is 2. The van der Waals surface area contributed by atoms with Gasteiger partial charge in [0.15, 0.2) is 0 Å². The van der Waals surface area contributed by atoms with Crippen LogP contribution in [0.1, 0.15) is 58.8 Å². The van der Waals surface area contributed by atoms with Gasteiger partial charge in [-0.3, -0.25) is 0 Å². The van der Waals surface area contributed by atoms with Crippen molar-refractivity contribution >= 4 is 0 Å². The lowest BCUT2D eigenvalue weighted by Gasteiger charge is -2.32. The van der Waals surface area contributed by atoms with Crippen LogP contribution in [0.25, 0.3) is 0 Å². The van der Waals surface area contributed by atoms with Crippen LogP contribution in [-0.4, -0.2) is 35.7 Å². The molecule has 2 fully saturated rings. The summed E-state index contributed by atoms with van der Waals surface area (Å²) in [6.07, 6.45) is 8.92. The van der Waals surface area contributed by atoms with Crippen molar-refractivity contribution in [2.24, 2.45) is 17.8 Å². The van der Waals surface area contributed by atoms with Crippen LogP contribution in [0.5, 0.6) is 0 Å². The Kier molecular flexibility index (Phi) is 5.50. The lowest BCUT2D eigenvalue weighted by molar-refractivity contribution is 0.0468. The minimum absolute atomic E-state index is 0.0251. The summed E-state index contributed by atoms with van der Waals surface area (Å²) >= 11 is 0. The van der Waals surface area contributed by atoms with E-state index >= 15 is 0 Å². The van der Waals surface area contributed by atoms with Crippen LogP contribution in [0.2, 0.25) is 0 Å². The number of likely N-dealkylation sites (tertiary alicyclic amines) is 1. The highest BCUT2D eigenvalue weighted by Gasteiger charge is 2.26. The Labute approximate surface area is 113 Å². The maximum Gasteiger partial charge on any atom is 0.0580 e. The van der Waals surface area contributed by atoms with E-state index in [9.17, 15) is 5.11 Å². The van der Waals surface area contributed by atoms with E-state index in [1.54, 1.807) is 0 Å². The zero-order valence-electron chi connectivity index (χ0n) is 12.3. The molecule has 0 spiro atoms. The van der Waals surface area contributed by atoms with Crippen LogP contribution in [-0.2, 0) is 0 Å². The van der Waals surface area contributed by atoms with Crippen LogP contribution in [0.3, 0.4) is 0 Å². The molecular weight excluding hydrogens is 222 g/mol. The summed E-state index contributed by atoms with van der Waals surface area (Å²) in [7, 11) is 0. The molecule has 0 radical (unpaired) electrons. The summed E-state index contributed by atoms with van der Waals surface area (Å²) in [6.45, 7) is 8.39. The summed E-state index contributed by atoms with van der Waals surface area (Å²) in [5, 5.41) is 10.1. The number of aliphatic hydroxyl groups is 1. The molecule has 0 bridgehead atoms. The van der Waals surface area contributed by atoms with Gasteiger partial charge in [0, 0.05) is 6.54 Å². The second kappa shape index (κ2) is 6.91. The smallest absolute Gasteiger partial charge is 0.0580 e. The molecular formula is C16H31NO. The first kappa shape index (κ1) is 14.3. The lowest BCUT2D eigenvalue weighted by atomic mass is 9.86. The fraction of sp³-hybridized carbons (Fsp3) is 1.00. The summed E-state index contributed by atoms with van der Waals surface area (Å²) in [5.74, 6) is 2.31. The van der Waals surface area contributed by atoms with Gasteiger partial charge in [0.2, 0.25) is 0 Å². The topological polar surface area (TPSA) is 23.5 Å². The number of hydrogen-bond donors (Lipinski definition) is 1. The Morgan fingerprint density at radius 1 is 1.00 bits per heavy atom. The Morgan fingerprint density at radius 2 is 1.78 bits per heavy atom. The summed E-state index contributed by atoms with van der Waals surface area (Å²) < 4.78 is 0. The molecule has 3 unspecified atom stereocenters. The van der Waals surface area contributed by atoms with Crippen molar-refractivity contribution < 1.29 is 5.11 Å². The Morgan fingerprint density at radius 3 is 2.50 bits per heavy atom. The third-order valence-electron chi connectivity index (χ3n) is 5.17. The van der Waals surface area contributed by atoms with E-state index in [2.05, 4.69) is 18.7 Å². The van der Waals surface area contributed by atoms with Gasteiger partial charge in [-0.25, -0.2) is 0 Å². The van der Waals surface area contributed by atoms with E-state index < -0.39 is 0 Å². The highest BCUT2D eigenvalue weighted by Crippen LogP contribution is 2.28. The van der Waals surface area contributed by atoms with Crippen LogP contribution < -0.4 is 0 Å². The van der Waals surface area contributed by atoms with Gasteiger partial charge in [0.1, 0.15) is 0 Å². The summed E-state index contributed by atoms with van der Waals surface area (Å²) in [4.78, 5) is 2.63. The molecule has 2 nitrogen and oxygen atoms in total. The standard InChI is InChI=1S/C16H31NO/c1-13(2)14-7-5-10-17(11-9-14)12-15-6-3-4-8-16(15)18/h13-16,18H,3-12H2,1-2H3. The monoisotopic (exact) mass is 253 g/mol. The molecule has 2 rings (SSSR count). The molecule has 2 heteroatoms. The third kappa shape index (κ3) is 3.96. The summed E-state index contributed by atoms with van der Waals surface area (Å²) in [5.41, 5.74) is 0. The molecule has 1 aliphatic heterocycles. The quantitative estimate of drug-likeness (QED) is 0.834. The zero-order chi connectivity index (χ0) is 13.0. The van der Waals surface area contributed by atoms with Gasteiger partial charge >= 0.3 is 0 Å². The average Bonchev–Trinajstić information content (AvgIpc) is 2.58.